The van der Waals surface area contributed by atoms with E-state index < -0.39 is 10.0 Å². The van der Waals surface area contributed by atoms with Gasteiger partial charge in [0, 0.05) is 15.5 Å². The van der Waals surface area contributed by atoms with Crippen LogP contribution in [-0.4, -0.2) is 13.4 Å². The number of nitrogens with zero attached hydrogens (tertiary/aromatic N) is 1. The minimum absolute atomic E-state index is 0.0180. The average molecular weight is 375 g/mol. The normalized spacial score (nSPS) is 11.2. The second kappa shape index (κ2) is 5.11. The second-order valence-electron chi connectivity index (χ2n) is 3.50. The van der Waals surface area contributed by atoms with Gasteiger partial charge in [0.2, 0.25) is 0 Å². The molecule has 1 aromatic heterocycles. The largest absolute Gasteiger partial charge is 0.383 e. The van der Waals surface area contributed by atoms with Crippen LogP contribution in [0.15, 0.2) is 47.5 Å². The zero-order valence-corrected chi connectivity index (χ0v) is 12.1. The van der Waals surface area contributed by atoms with Gasteiger partial charge in [-0.2, -0.15) is 0 Å². The van der Waals surface area contributed by atoms with E-state index in [-0.39, 0.29) is 10.7 Å². The van der Waals surface area contributed by atoms with Crippen molar-refractivity contribution in [3.63, 3.8) is 0 Å². The third-order valence-corrected chi connectivity index (χ3v) is 4.33. The summed E-state index contributed by atoms with van der Waals surface area (Å²) in [4.78, 5) is 3.73. The molecule has 5 nitrogen and oxygen atoms in total. The van der Waals surface area contributed by atoms with Crippen molar-refractivity contribution < 1.29 is 8.42 Å². The number of anilines is 2. The Morgan fingerprint density at radius 1 is 1.17 bits per heavy atom. The van der Waals surface area contributed by atoms with Crippen molar-refractivity contribution in [3.05, 3.63) is 46.2 Å². The van der Waals surface area contributed by atoms with Gasteiger partial charge in [-0.1, -0.05) is 0 Å². The van der Waals surface area contributed by atoms with Gasteiger partial charge in [-0.3, -0.25) is 4.72 Å². The van der Waals surface area contributed by atoms with E-state index in [1.54, 1.807) is 12.1 Å². The number of aromatic nitrogens is 1. The number of hydrogen-bond donors (Lipinski definition) is 2. The minimum atomic E-state index is -3.70. The molecule has 7 heteroatoms. The first-order valence-electron chi connectivity index (χ1n) is 4.98. The van der Waals surface area contributed by atoms with Crippen LogP contribution < -0.4 is 10.5 Å². The Morgan fingerprint density at radius 2 is 1.83 bits per heavy atom. The van der Waals surface area contributed by atoms with Gasteiger partial charge in [-0.15, -0.1) is 0 Å². The van der Waals surface area contributed by atoms with Gasteiger partial charge >= 0.3 is 0 Å². The monoisotopic (exact) mass is 375 g/mol. The quantitative estimate of drug-likeness (QED) is 0.805. The fraction of sp³-hybridized carbons (Fsp3) is 0. The van der Waals surface area contributed by atoms with Crippen LogP contribution in [0.25, 0.3) is 0 Å². The van der Waals surface area contributed by atoms with Crippen LogP contribution in [0.3, 0.4) is 0 Å². The molecule has 0 bridgehead atoms. The van der Waals surface area contributed by atoms with Gasteiger partial charge in [0.15, 0.2) is 0 Å². The predicted octanol–water partition coefficient (Wildman–Crippen LogP) is 2.07. The van der Waals surface area contributed by atoms with E-state index in [9.17, 15) is 8.42 Å². The van der Waals surface area contributed by atoms with Gasteiger partial charge in [0.1, 0.15) is 10.7 Å². The molecule has 0 fully saturated rings. The summed E-state index contributed by atoms with van der Waals surface area (Å²) in [5.74, 6) is -0.0180. The lowest BCUT2D eigenvalue weighted by molar-refractivity contribution is 0.601. The third kappa shape index (κ3) is 2.91. The van der Waals surface area contributed by atoms with E-state index in [1.807, 2.05) is 12.1 Å². The maximum atomic E-state index is 12.1. The Morgan fingerprint density at radius 3 is 2.44 bits per heavy atom. The summed E-state index contributed by atoms with van der Waals surface area (Å²) in [6, 6.07) is 9.93. The third-order valence-electron chi connectivity index (χ3n) is 2.19. The number of nitrogens with one attached hydrogen (secondary N) is 1. The van der Waals surface area contributed by atoms with Crippen LogP contribution in [0, 0.1) is 3.57 Å². The Labute approximate surface area is 119 Å². The molecule has 2 rings (SSSR count). The fourth-order valence-corrected chi connectivity index (χ4v) is 2.86. The highest BCUT2D eigenvalue weighted by Gasteiger charge is 2.17. The molecule has 0 spiro atoms. The molecule has 1 heterocycles. The average Bonchev–Trinajstić information content (AvgIpc) is 2.32. The predicted molar refractivity (Wildman–Crippen MR) is 78.6 cm³/mol. The van der Waals surface area contributed by atoms with Crippen molar-refractivity contribution in [2.45, 2.75) is 4.90 Å². The summed E-state index contributed by atoms with van der Waals surface area (Å²) < 4.78 is 27.6. The number of benzene rings is 1. The van der Waals surface area contributed by atoms with E-state index in [4.69, 9.17) is 5.73 Å². The molecular weight excluding hydrogens is 365 g/mol. The summed E-state index contributed by atoms with van der Waals surface area (Å²) in [6.07, 6.45) is 1.44. The molecule has 94 valence electrons. The minimum Gasteiger partial charge on any atom is -0.383 e. The number of nitrogens with two attached hydrogens (primary N) is 1. The molecule has 0 aliphatic rings. The maximum Gasteiger partial charge on any atom is 0.265 e. The van der Waals surface area contributed by atoms with Gasteiger partial charge < -0.3 is 5.73 Å². The summed E-state index contributed by atoms with van der Waals surface area (Å²) in [5, 5.41) is 0. The lowest BCUT2D eigenvalue weighted by Crippen LogP contribution is -2.15. The van der Waals surface area contributed by atoms with Gasteiger partial charge in [0.05, 0.1) is 0 Å². The molecule has 3 N–H and O–H groups in total. The van der Waals surface area contributed by atoms with E-state index in [0.29, 0.717) is 5.69 Å². The first-order chi connectivity index (χ1) is 8.49. The van der Waals surface area contributed by atoms with E-state index in [2.05, 4.69) is 32.3 Å². The van der Waals surface area contributed by atoms with Crippen molar-refractivity contribution in [1.82, 2.24) is 4.98 Å². The zero-order valence-electron chi connectivity index (χ0n) is 9.17. The lowest BCUT2D eigenvalue weighted by atomic mass is 10.3. The van der Waals surface area contributed by atoms with Gasteiger partial charge in [-0.05, 0) is 59.0 Å². The maximum absolute atomic E-state index is 12.1. The van der Waals surface area contributed by atoms with E-state index in [0.717, 1.165) is 3.57 Å². The van der Waals surface area contributed by atoms with E-state index in [1.165, 1.54) is 18.3 Å². The highest BCUT2D eigenvalue weighted by atomic mass is 127. The summed E-state index contributed by atoms with van der Waals surface area (Å²) in [5.41, 5.74) is 6.04. The van der Waals surface area contributed by atoms with Crippen molar-refractivity contribution in [1.29, 1.82) is 0 Å². The van der Waals surface area contributed by atoms with Gasteiger partial charge in [0.25, 0.3) is 10.0 Å². The van der Waals surface area contributed by atoms with Crippen LogP contribution in [0.5, 0.6) is 0 Å². The fourth-order valence-electron chi connectivity index (χ4n) is 1.36. The van der Waals surface area contributed by atoms with E-state index >= 15 is 0 Å². The van der Waals surface area contributed by atoms with Crippen LogP contribution in [0.4, 0.5) is 11.5 Å². The molecule has 2 aromatic rings. The Kier molecular flexibility index (Phi) is 3.71. The Bertz CT molecular complexity index is 656. The number of halogens is 1. The van der Waals surface area contributed by atoms with Crippen LogP contribution in [-0.2, 0) is 10.0 Å². The molecule has 0 unspecified atom stereocenters. The van der Waals surface area contributed by atoms with Gasteiger partial charge in [-0.25, -0.2) is 13.4 Å². The first kappa shape index (κ1) is 13.1. The molecule has 0 aliphatic heterocycles. The SMILES string of the molecule is Nc1ncccc1S(=O)(=O)Nc1ccc(I)cc1. The zero-order chi connectivity index (χ0) is 13.2. The number of rotatable bonds is 3. The molecular formula is C11H10IN3O2S. The summed E-state index contributed by atoms with van der Waals surface area (Å²) in [6.45, 7) is 0. The molecule has 0 amide bonds. The molecule has 18 heavy (non-hydrogen) atoms. The molecule has 0 saturated heterocycles. The molecule has 1 aromatic carbocycles. The number of hydrogen-bond acceptors (Lipinski definition) is 4. The number of sulfonamides is 1. The molecule has 0 saturated carbocycles. The smallest absolute Gasteiger partial charge is 0.265 e. The number of nitrogen functional groups attached to an aromatic ring is 1. The number of pyridine rings is 1. The van der Waals surface area contributed by atoms with Crippen LogP contribution in [0.2, 0.25) is 0 Å². The second-order valence-corrected chi connectivity index (χ2v) is 6.40. The highest BCUT2D eigenvalue weighted by Crippen LogP contribution is 2.19. The van der Waals surface area contributed by atoms with Crippen molar-refractivity contribution in [2.24, 2.45) is 0 Å². The van der Waals surface area contributed by atoms with Crippen molar-refractivity contribution >= 4 is 44.1 Å². The molecule has 0 aliphatic carbocycles. The summed E-state index contributed by atoms with van der Waals surface area (Å²) >= 11 is 2.14. The highest BCUT2D eigenvalue weighted by molar-refractivity contribution is 14.1. The topological polar surface area (TPSA) is 85.1 Å². The Balaban J connectivity index is 2.33. The standard InChI is InChI=1S/C11H10IN3O2S/c12-8-3-5-9(6-4-8)15-18(16,17)10-2-1-7-14-11(10)13/h1-7,15H,(H2,13,14). The molecule has 0 radical (unpaired) electrons. The van der Waals surface area contributed by atoms with Crippen molar-refractivity contribution in [3.8, 4) is 0 Å². The van der Waals surface area contributed by atoms with Crippen LogP contribution in [0.1, 0.15) is 0 Å². The summed E-state index contributed by atoms with van der Waals surface area (Å²) in [7, 11) is -3.70. The van der Waals surface area contributed by atoms with Crippen molar-refractivity contribution in [2.75, 3.05) is 10.5 Å². The lowest BCUT2D eigenvalue weighted by Gasteiger charge is -2.09. The Hall–Kier alpha value is -1.35. The first-order valence-corrected chi connectivity index (χ1v) is 7.54. The van der Waals surface area contributed by atoms with Crippen LogP contribution >= 0.6 is 22.6 Å². The molecule has 0 atom stereocenters.